The fourth-order valence-corrected chi connectivity index (χ4v) is 5.97. The minimum absolute atomic E-state index is 0.113. The molecule has 0 aliphatic carbocycles. The predicted molar refractivity (Wildman–Crippen MR) is 130 cm³/mol. The molecule has 2 aromatic heterocycles. The van der Waals surface area contributed by atoms with Gasteiger partial charge in [-0.1, -0.05) is 0 Å². The van der Waals surface area contributed by atoms with E-state index in [2.05, 4.69) is 31.4 Å². The van der Waals surface area contributed by atoms with Gasteiger partial charge in [0, 0.05) is 63.9 Å². The van der Waals surface area contributed by atoms with Gasteiger partial charge in [-0.05, 0) is 13.3 Å². The van der Waals surface area contributed by atoms with E-state index >= 15 is 0 Å². The first kappa shape index (κ1) is 24.1. The summed E-state index contributed by atoms with van der Waals surface area (Å²) in [6.07, 6.45) is 3.76. The van der Waals surface area contributed by atoms with Gasteiger partial charge < -0.3 is 25.0 Å². The number of rotatable bonds is 6. The summed E-state index contributed by atoms with van der Waals surface area (Å²) in [7, 11) is -0.546. The zero-order chi connectivity index (χ0) is 24.7. The van der Waals surface area contributed by atoms with Gasteiger partial charge in [0.05, 0.1) is 37.1 Å². The van der Waals surface area contributed by atoms with E-state index in [1.54, 1.807) is 19.5 Å². The predicted octanol–water partition coefficient (Wildman–Crippen LogP) is -0.733. The van der Waals surface area contributed by atoms with E-state index in [9.17, 15) is 8.42 Å². The topological polar surface area (TPSA) is 152 Å². The molecule has 5 rings (SSSR count). The van der Waals surface area contributed by atoms with Crippen LogP contribution >= 0.6 is 0 Å². The number of hydrogen-bond acceptors (Lipinski definition) is 11. The van der Waals surface area contributed by atoms with Crippen molar-refractivity contribution >= 4 is 27.9 Å². The summed E-state index contributed by atoms with van der Waals surface area (Å²) >= 11 is 0. The van der Waals surface area contributed by atoms with Crippen molar-refractivity contribution in [3.8, 4) is 11.3 Å². The van der Waals surface area contributed by atoms with Gasteiger partial charge in [-0.2, -0.15) is 17.7 Å². The number of nitrogens with zero attached hydrogens (tertiary/aromatic N) is 7. The smallest absolute Gasteiger partial charge is 0.279 e. The Morgan fingerprint density at radius 3 is 2.63 bits per heavy atom. The summed E-state index contributed by atoms with van der Waals surface area (Å²) < 4.78 is 40.2. The number of nitrogens with two attached hydrogens (primary N) is 1. The quantitative estimate of drug-likeness (QED) is 0.511. The molecule has 0 aromatic carbocycles. The van der Waals surface area contributed by atoms with Crippen molar-refractivity contribution in [1.82, 2.24) is 29.0 Å². The maximum atomic E-state index is 12.5. The van der Waals surface area contributed by atoms with Crippen LogP contribution in [-0.4, -0.2) is 104 Å². The molecule has 5 heterocycles. The Labute approximate surface area is 204 Å². The summed E-state index contributed by atoms with van der Waals surface area (Å²) in [5.41, 5.74) is 8.22. The summed E-state index contributed by atoms with van der Waals surface area (Å²) in [6, 6.07) is -0.0774. The number of nitrogen functional groups attached to an aromatic ring is 1. The maximum Gasteiger partial charge on any atom is 0.279 e. The average Bonchev–Trinajstić information content (AvgIpc) is 3.48. The molecule has 3 N–H and O–H groups in total. The lowest BCUT2D eigenvalue weighted by Gasteiger charge is -2.35. The highest BCUT2D eigenvalue weighted by Gasteiger charge is 2.44. The van der Waals surface area contributed by atoms with E-state index in [0.717, 1.165) is 22.6 Å². The number of ether oxygens (including phenoxy) is 2. The number of aromatic nitrogens is 4. The van der Waals surface area contributed by atoms with E-state index in [1.807, 2.05) is 0 Å². The van der Waals surface area contributed by atoms with Gasteiger partial charge in [0.25, 0.3) is 10.2 Å². The molecule has 0 amide bonds. The average molecular weight is 506 g/mol. The molecular formula is C21H31N9O4S. The van der Waals surface area contributed by atoms with Gasteiger partial charge in [-0.15, -0.1) is 0 Å². The van der Waals surface area contributed by atoms with Crippen LogP contribution in [0.3, 0.4) is 0 Å². The van der Waals surface area contributed by atoms with Gasteiger partial charge >= 0.3 is 0 Å². The van der Waals surface area contributed by atoms with E-state index in [0.29, 0.717) is 45.2 Å². The second kappa shape index (κ2) is 9.43. The third-order valence-corrected chi connectivity index (χ3v) is 8.42. The molecule has 190 valence electrons. The Bertz CT molecular complexity index is 1180. The monoisotopic (exact) mass is 505 g/mol. The largest absolute Gasteiger partial charge is 0.378 e. The third-order valence-electron chi connectivity index (χ3n) is 6.92. The first-order valence-electron chi connectivity index (χ1n) is 11.6. The van der Waals surface area contributed by atoms with Crippen LogP contribution in [-0.2, 0) is 26.1 Å². The molecular weight excluding hydrogens is 474 g/mol. The molecule has 0 saturated carbocycles. The highest BCUT2D eigenvalue weighted by Crippen LogP contribution is 2.38. The lowest BCUT2D eigenvalue weighted by molar-refractivity contribution is 0.0980. The van der Waals surface area contributed by atoms with Crippen molar-refractivity contribution in [2.75, 3.05) is 69.1 Å². The molecule has 3 atom stereocenters. The lowest BCUT2D eigenvalue weighted by atomic mass is 10.1. The Morgan fingerprint density at radius 2 is 1.94 bits per heavy atom. The molecule has 0 radical (unpaired) electrons. The second-order valence-corrected chi connectivity index (χ2v) is 10.8. The summed E-state index contributed by atoms with van der Waals surface area (Å²) in [6.45, 7) is 5.19. The summed E-state index contributed by atoms with van der Waals surface area (Å²) in [4.78, 5) is 22.6. The molecule has 0 bridgehead atoms. The summed E-state index contributed by atoms with van der Waals surface area (Å²) in [5, 5.41) is 0. The van der Waals surface area contributed by atoms with Crippen LogP contribution < -0.4 is 20.3 Å². The fourth-order valence-electron chi connectivity index (χ4n) is 5.02. The van der Waals surface area contributed by atoms with Crippen LogP contribution in [0.1, 0.15) is 12.5 Å². The molecule has 3 aliphatic rings. The number of fused-ring (bicyclic) bond motifs is 1. The van der Waals surface area contributed by atoms with E-state index in [1.165, 1.54) is 11.4 Å². The Hall–Kier alpha value is -2.65. The fraction of sp³-hybridized carbons (Fsp3) is 0.619. The van der Waals surface area contributed by atoms with Crippen LogP contribution in [0.5, 0.6) is 0 Å². The first-order valence-corrected chi connectivity index (χ1v) is 13.1. The van der Waals surface area contributed by atoms with Gasteiger partial charge in [0.1, 0.15) is 5.82 Å². The molecule has 35 heavy (non-hydrogen) atoms. The first-order chi connectivity index (χ1) is 16.8. The Morgan fingerprint density at radius 1 is 1.17 bits per heavy atom. The molecule has 13 nitrogen and oxygen atoms in total. The standard InChI is InChI=1S/C21H31N9O4S/c1-13-12-34-7-6-29(13)21-26-18(14-8-24-20(22)25-9-14)15-4-5-30(19(15)27-21)16-10-28(11-17(16)33-3)35(31,32)23-2/h8-9,13,16-17,23H,4-7,10-12H2,1-3H3,(H2,22,24,25)/t13-,16+,17+/m0/s1. The minimum atomic E-state index is -3.58. The van der Waals surface area contributed by atoms with E-state index in [4.69, 9.17) is 25.2 Å². The van der Waals surface area contributed by atoms with Crippen molar-refractivity contribution in [1.29, 1.82) is 0 Å². The third kappa shape index (κ3) is 4.40. The Balaban J connectivity index is 1.58. The normalized spacial score (nSPS) is 25.3. The highest BCUT2D eigenvalue weighted by molar-refractivity contribution is 7.87. The summed E-state index contributed by atoms with van der Waals surface area (Å²) in [5.74, 6) is 1.59. The number of methoxy groups -OCH3 is 1. The van der Waals surface area contributed by atoms with Crippen LogP contribution in [0.4, 0.5) is 17.7 Å². The molecule has 0 spiro atoms. The molecule has 2 fully saturated rings. The second-order valence-electron chi connectivity index (χ2n) is 8.93. The van der Waals surface area contributed by atoms with Crippen molar-refractivity contribution in [2.45, 2.75) is 31.5 Å². The van der Waals surface area contributed by atoms with E-state index in [-0.39, 0.29) is 30.7 Å². The zero-order valence-corrected chi connectivity index (χ0v) is 20.9. The van der Waals surface area contributed by atoms with E-state index < -0.39 is 10.2 Å². The van der Waals surface area contributed by atoms with Gasteiger partial charge in [-0.3, -0.25) is 0 Å². The van der Waals surface area contributed by atoms with Crippen LogP contribution in [0.2, 0.25) is 0 Å². The van der Waals surface area contributed by atoms with Gasteiger partial charge in [0.2, 0.25) is 11.9 Å². The van der Waals surface area contributed by atoms with Crippen LogP contribution in [0.15, 0.2) is 12.4 Å². The minimum Gasteiger partial charge on any atom is -0.378 e. The van der Waals surface area contributed by atoms with Crippen LogP contribution in [0, 0.1) is 0 Å². The molecule has 2 aromatic rings. The zero-order valence-electron chi connectivity index (χ0n) is 20.1. The molecule has 2 saturated heterocycles. The van der Waals surface area contributed by atoms with Crippen molar-refractivity contribution in [3.05, 3.63) is 18.0 Å². The number of morpholine rings is 1. The number of nitrogens with one attached hydrogen (secondary N) is 1. The molecule has 3 aliphatic heterocycles. The molecule has 14 heteroatoms. The van der Waals surface area contributed by atoms with Gasteiger partial charge in [-0.25, -0.2) is 19.7 Å². The van der Waals surface area contributed by atoms with Crippen molar-refractivity contribution < 1.29 is 17.9 Å². The number of hydrogen-bond donors (Lipinski definition) is 2. The van der Waals surface area contributed by atoms with Crippen molar-refractivity contribution in [2.24, 2.45) is 0 Å². The van der Waals surface area contributed by atoms with Gasteiger partial charge in [0.15, 0.2) is 0 Å². The van der Waals surface area contributed by atoms with Crippen molar-refractivity contribution in [3.63, 3.8) is 0 Å². The molecule has 0 unspecified atom stereocenters. The SMILES string of the molecule is CNS(=O)(=O)N1C[C@@H](N2CCc3c(-c4cnc(N)nc4)nc(N4CCOC[C@@H]4C)nc32)[C@H](OC)C1. The highest BCUT2D eigenvalue weighted by atomic mass is 32.2. The maximum absolute atomic E-state index is 12.5. The number of anilines is 3. The van der Waals surface area contributed by atoms with Crippen LogP contribution in [0.25, 0.3) is 11.3 Å². The lowest BCUT2D eigenvalue weighted by Crippen LogP contribution is -2.46. The Kier molecular flexibility index (Phi) is 6.48.